The second kappa shape index (κ2) is 4.71. The van der Waals surface area contributed by atoms with Gasteiger partial charge in [0, 0.05) is 18.0 Å². The Kier molecular flexibility index (Phi) is 3.14. The van der Waals surface area contributed by atoms with Gasteiger partial charge in [0.2, 0.25) is 0 Å². The predicted octanol–water partition coefficient (Wildman–Crippen LogP) is 5.03. The Bertz CT molecular complexity index is 783. The molecule has 0 unspecified atom stereocenters. The number of pyridine rings is 1. The van der Waals surface area contributed by atoms with Crippen molar-refractivity contribution in [3.63, 3.8) is 0 Å². The summed E-state index contributed by atoms with van der Waals surface area (Å²) in [5.74, 6) is 0. The molecule has 0 fully saturated rings. The quantitative estimate of drug-likeness (QED) is 0.629. The number of hydrogen-bond acceptors (Lipinski definition) is 3. The largest absolute Gasteiger partial charge is 0.416 e. The SMILES string of the molecule is FC(F)(F)c1ccc2nc(-c3ccncc3Cl)sc2c1. The summed E-state index contributed by atoms with van der Waals surface area (Å²) >= 11 is 7.19. The van der Waals surface area contributed by atoms with Crippen molar-refractivity contribution in [3.8, 4) is 10.6 Å². The van der Waals surface area contributed by atoms with Crippen molar-refractivity contribution in [2.24, 2.45) is 0 Å². The van der Waals surface area contributed by atoms with Crippen molar-refractivity contribution in [1.82, 2.24) is 9.97 Å². The molecule has 0 aliphatic carbocycles. The average Bonchev–Trinajstić information content (AvgIpc) is 2.80. The van der Waals surface area contributed by atoms with Crippen molar-refractivity contribution < 1.29 is 13.2 Å². The Balaban J connectivity index is 2.14. The van der Waals surface area contributed by atoms with Gasteiger partial charge in [0.05, 0.1) is 20.8 Å². The minimum Gasteiger partial charge on any atom is -0.263 e. The molecule has 0 bridgehead atoms. The highest BCUT2D eigenvalue weighted by molar-refractivity contribution is 7.21. The molecule has 0 atom stereocenters. The fourth-order valence-corrected chi connectivity index (χ4v) is 3.07. The number of fused-ring (bicyclic) bond motifs is 1. The maximum atomic E-state index is 12.7. The van der Waals surface area contributed by atoms with E-state index in [4.69, 9.17) is 11.6 Å². The van der Waals surface area contributed by atoms with Gasteiger partial charge in [-0.15, -0.1) is 11.3 Å². The summed E-state index contributed by atoms with van der Waals surface area (Å²) in [7, 11) is 0. The number of hydrogen-bond donors (Lipinski definition) is 0. The first kappa shape index (κ1) is 13.3. The molecular weight excluding hydrogens is 309 g/mol. The van der Waals surface area contributed by atoms with Gasteiger partial charge in [-0.25, -0.2) is 4.98 Å². The first-order valence-corrected chi connectivity index (χ1v) is 6.72. The van der Waals surface area contributed by atoms with Crippen molar-refractivity contribution >= 4 is 33.2 Å². The van der Waals surface area contributed by atoms with Crippen LogP contribution in [0.3, 0.4) is 0 Å². The molecule has 7 heteroatoms. The molecular formula is C13H6ClF3N2S. The molecule has 102 valence electrons. The molecule has 0 aliphatic heterocycles. The lowest BCUT2D eigenvalue weighted by atomic mass is 10.2. The second-order valence-electron chi connectivity index (χ2n) is 4.05. The van der Waals surface area contributed by atoms with Crippen LogP contribution < -0.4 is 0 Å². The smallest absolute Gasteiger partial charge is 0.263 e. The van der Waals surface area contributed by atoms with Crippen LogP contribution in [0.15, 0.2) is 36.7 Å². The fourth-order valence-electron chi connectivity index (χ4n) is 1.76. The van der Waals surface area contributed by atoms with E-state index in [0.717, 1.165) is 12.1 Å². The van der Waals surface area contributed by atoms with E-state index < -0.39 is 11.7 Å². The lowest BCUT2D eigenvalue weighted by Gasteiger charge is -2.04. The van der Waals surface area contributed by atoms with E-state index >= 15 is 0 Å². The van der Waals surface area contributed by atoms with E-state index in [0.29, 0.717) is 25.8 Å². The van der Waals surface area contributed by atoms with Gasteiger partial charge in [0.25, 0.3) is 0 Å². The number of alkyl halides is 3. The summed E-state index contributed by atoms with van der Waals surface area (Å²) in [5, 5.41) is 0.995. The van der Waals surface area contributed by atoms with Gasteiger partial charge in [-0.3, -0.25) is 4.98 Å². The molecule has 0 amide bonds. The zero-order chi connectivity index (χ0) is 14.3. The van der Waals surface area contributed by atoms with Crippen molar-refractivity contribution in [1.29, 1.82) is 0 Å². The molecule has 20 heavy (non-hydrogen) atoms. The lowest BCUT2D eigenvalue weighted by Crippen LogP contribution is -2.03. The van der Waals surface area contributed by atoms with Crippen LogP contribution >= 0.6 is 22.9 Å². The molecule has 0 saturated carbocycles. The molecule has 0 aliphatic rings. The molecule has 0 N–H and O–H groups in total. The van der Waals surface area contributed by atoms with Crippen LogP contribution in [0, 0.1) is 0 Å². The Morgan fingerprint density at radius 1 is 1.15 bits per heavy atom. The first-order chi connectivity index (χ1) is 9.45. The van der Waals surface area contributed by atoms with Gasteiger partial charge in [0.1, 0.15) is 5.01 Å². The number of nitrogens with zero attached hydrogens (tertiary/aromatic N) is 2. The minimum absolute atomic E-state index is 0.419. The highest BCUT2D eigenvalue weighted by Gasteiger charge is 2.30. The van der Waals surface area contributed by atoms with Crippen LogP contribution in [0.25, 0.3) is 20.8 Å². The number of aromatic nitrogens is 2. The van der Waals surface area contributed by atoms with Gasteiger partial charge in [-0.05, 0) is 24.3 Å². The molecule has 3 aromatic rings. The predicted molar refractivity (Wildman–Crippen MR) is 72.9 cm³/mol. The van der Waals surface area contributed by atoms with Crippen LogP contribution in [-0.4, -0.2) is 9.97 Å². The van der Waals surface area contributed by atoms with Gasteiger partial charge in [-0.1, -0.05) is 11.6 Å². The second-order valence-corrected chi connectivity index (χ2v) is 5.49. The van der Waals surface area contributed by atoms with E-state index in [1.54, 1.807) is 12.3 Å². The van der Waals surface area contributed by atoms with Crippen LogP contribution in [0.2, 0.25) is 5.02 Å². The van der Waals surface area contributed by atoms with E-state index in [1.807, 2.05) is 0 Å². The number of rotatable bonds is 1. The van der Waals surface area contributed by atoms with E-state index in [9.17, 15) is 13.2 Å². The zero-order valence-corrected chi connectivity index (χ0v) is 11.4. The Hall–Kier alpha value is -1.66. The maximum Gasteiger partial charge on any atom is 0.416 e. The third-order valence-electron chi connectivity index (χ3n) is 2.72. The number of halogens is 4. The topological polar surface area (TPSA) is 25.8 Å². The van der Waals surface area contributed by atoms with E-state index in [-0.39, 0.29) is 0 Å². The minimum atomic E-state index is -4.35. The first-order valence-electron chi connectivity index (χ1n) is 5.53. The normalized spacial score (nSPS) is 12.0. The summed E-state index contributed by atoms with van der Waals surface area (Å²) in [4.78, 5) is 8.17. The average molecular weight is 315 g/mol. The highest BCUT2D eigenvalue weighted by atomic mass is 35.5. The van der Waals surface area contributed by atoms with Crippen LogP contribution in [-0.2, 0) is 6.18 Å². The third kappa shape index (κ3) is 2.36. The molecule has 0 radical (unpaired) electrons. The molecule has 2 heterocycles. The van der Waals surface area contributed by atoms with Crippen LogP contribution in [0.1, 0.15) is 5.56 Å². The van der Waals surface area contributed by atoms with Gasteiger partial charge < -0.3 is 0 Å². The summed E-state index contributed by atoms with van der Waals surface area (Å²) in [6.45, 7) is 0. The van der Waals surface area contributed by atoms with Crippen LogP contribution in [0.5, 0.6) is 0 Å². The van der Waals surface area contributed by atoms with Gasteiger partial charge in [0.15, 0.2) is 0 Å². The van der Waals surface area contributed by atoms with E-state index in [2.05, 4.69) is 9.97 Å². The summed E-state index contributed by atoms with van der Waals surface area (Å²) in [6, 6.07) is 5.18. The summed E-state index contributed by atoms with van der Waals surface area (Å²) in [6.07, 6.45) is -1.31. The molecule has 2 aromatic heterocycles. The van der Waals surface area contributed by atoms with Crippen molar-refractivity contribution in [2.75, 3.05) is 0 Å². The van der Waals surface area contributed by atoms with Crippen molar-refractivity contribution in [2.45, 2.75) is 6.18 Å². The van der Waals surface area contributed by atoms with Gasteiger partial charge >= 0.3 is 6.18 Å². The lowest BCUT2D eigenvalue weighted by molar-refractivity contribution is -0.137. The molecule has 3 rings (SSSR count). The highest BCUT2D eigenvalue weighted by Crippen LogP contribution is 2.37. The fraction of sp³-hybridized carbons (Fsp3) is 0.0769. The summed E-state index contributed by atoms with van der Waals surface area (Å²) in [5.41, 5.74) is 0.503. The molecule has 0 spiro atoms. The zero-order valence-electron chi connectivity index (χ0n) is 9.78. The van der Waals surface area contributed by atoms with E-state index in [1.165, 1.54) is 23.6 Å². The Morgan fingerprint density at radius 2 is 1.95 bits per heavy atom. The monoisotopic (exact) mass is 314 g/mol. The van der Waals surface area contributed by atoms with Crippen molar-refractivity contribution in [3.05, 3.63) is 47.2 Å². The number of benzene rings is 1. The Morgan fingerprint density at radius 3 is 2.65 bits per heavy atom. The number of thiazole rings is 1. The molecule has 0 saturated heterocycles. The van der Waals surface area contributed by atoms with Gasteiger partial charge in [-0.2, -0.15) is 13.2 Å². The standard InChI is InChI=1S/C13H6ClF3N2S/c14-9-6-18-4-3-8(9)12-19-10-2-1-7(13(15,16)17)5-11(10)20-12/h1-6H. The Labute approximate surface area is 120 Å². The maximum absolute atomic E-state index is 12.7. The summed E-state index contributed by atoms with van der Waals surface area (Å²) < 4.78 is 38.5. The third-order valence-corrected chi connectivity index (χ3v) is 4.07. The molecule has 2 nitrogen and oxygen atoms in total. The molecule has 1 aromatic carbocycles. The van der Waals surface area contributed by atoms with Crippen LogP contribution in [0.4, 0.5) is 13.2 Å².